The molecule has 5 aromatic rings. The normalized spacial score (nSPS) is 11.0. The lowest BCUT2D eigenvalue weighted by Crippen LogP contribution is -2.04. The van der Waals surface area contributed by atoms with Crippen LogP contribution in [0.25, 0.3) is 22.4 Å². The number of fused-ring (bicyclic) bond motifs is 1. The lowest BCUT2D eigenvalue weighted by atomic mass is 10.2. The maximum absolute atomic E-state index is 13.7. The van der Waals surface area contributed by atoms with E-state index in [1.807, 2.05) is 60.7 Å². The van der Waals surface area contributed by atoms with Gasteiger partial charge in [-0.05, 0) is 23.8 Å². The molecule has 152 valence electrons. The van der Waals surface area contributed by atoms with Crippen LogP contribution in [0.4, 0.5) is 21.7 Å². The highest BCUT2D eigenvalue weighted by Crippen LogP contribution is 2.31. The smallest absolute Gasteiger partial charge is 0.166 e. The first-order valence-electron chi connectivity index (χ1n) is 9.83. The third-order valence-corrected chi connectivity index (χ3v) is 4.91. The van der Waals surface area contributed by atoms with Gasteiger partial charge in [-0.3, -0.25) is 0 Å². The fraction of sp³-hybridized carbons (Fsp3) is 0.0417. The van der Waals surface area contributed by atoms with Crippen LogP contribution in [-0.4, -0.2) is 19.7 Å². The summed E-state index contributed by atoms with van der Waals surface area (Å²) in [4.78, 5) is 9.29. The summed E-state index contributed by atoms with van der Waals surface area (Å²) in [6, 6.07) is 25.8. The van der Waals surface area contributed by atoms with Crippen molar-refractivity contribution in [2.45, 2.75) is 6.54 Å². The first-order valence-corrected chi connectivity index (χ1v) is 9.83. The van der Waals surface area contributed by atoms with E-state index in [-0.39, 0.29) is 5.82 Å². The van der Waals surface area contributed by atoms with Crippen molar-refractivity contribution in [2.75, 3.05) is 11.1 Å². The molecule has 31 heavy (non-hydrogen) atoms. The molecule has 0 bridgehead atoms. The van der Waals surface area contributed by atoms with E-state index in [9.17, 15) is 4.39 Å². The first-order chi connectivity index (χ1) is 15.2. The van der Waals surface area contributed by atoms with E-state index < -0.39 is 0 Å². The van der Waals surface area contributed by atoms with Gasteiger partial charge in [0.25, 0.3) is 0 Å². The van der Waals surface area contributed by atoms with Crippen molar-refractivity contribution in [3.8, 4) is 11.4 Å². The Morgan fingerprint density at radius 3 is 2.35 bits per heavy atom. The number of halogens is 1. The SMILES string of the molecule is Nc1nc(-c2ccccc2)nc2c1c(Nc1cccc(F)c1)nn2Cc1ccccc1. The Bertz CT molecular complexity index is 1350. The van der Waals surface area contributed by atoms with Gasteiger partial charge in [-0.15, -0.1) is 0 Å². The molecule has 0 spiro atoms. The largest absolute Gasteiger partial charge is 0.383 e. The van der Waals surface area contributed by atoms with Gasteiger partial charge >= 0.3 is 0 Å². The molecule has 0 saturated carbocycles. The quantitative estimate of drug-likeness (QED) is 0.426. The molecule has 0 unspecified atom stereocenters. The Kier molecular flexibility index (Phi) is 4.76. The van der Waals surface area contributed by atoms with Gasteiger partial charge in [-0.2, -0.15) is 5.10 Å². The fourth-order valence-corrected chi connectivity index (χ4v) is 3.47. The van der Waals surface area contributed by atoms with Crippen LogP contribution >= 0.6 is 0 Å². The van der Waals surface area contributed by atoms with Gasteiger partial charge in [-0.25, -0.2) is 19.0 Å². The number of benzene rings is 3. The predicted molar refractivity (Wildman–Crippen MR) is 120 cm³/mol. The molecule has 0 aliphatic carbocycles. The van der Waals surface area contributed by atoms with Crippen LogP contribution < -0.4 is 11.1 Å². The van der Waals surface area contributed by atoms with Crippen LogP contribution in [0.15, 0.2) is 84.9 Å². The standard InChI is InChI=1S/C24H19FN6/c25-18-12-7-13-19(14-18)27-23-20-21(26)28-22(17-10-5-2-6-11-17)29-24(20)31(30-23)15-16-8-3-1-4-9-16/h1-14H,15H2,(H,27,30)(H2,26,28,29). The third-order valence-electron chi connectivity index (χ3n) is 4.91. The summed E-state index contributed by atoms with van der Waals surface area (Å²) >= 11 is 0. The third kappa shape index (κ3) is 3.81. The summed E-state index contributed by atoms with van der Waals surface area (Å²) in [6.07, 6.45) is 0. The summed E-state index contributed by atoms with van der Waals surface area (Å²) < 4.78 is 15.5. The maximum Gasteiger partial charge on any atom is 0.166 e. The van der Waals surface area contributed by atoms with Crippen molar-refractivity contribution < 1.29 is 4.39 Å². The number of aromatic nitrogens is 4. The average Bonchev–Trinajstić information content (AvgIpc) is 3.12. The topological polar surface area (TPSA) is 81.7 Å². The molecule has 0 atom stereocenters. The molecule has 0 aliphatic rings. The van der Waals surface area contributed by atoms with E-state index >= 15 is 0 Å². The highest BCUT2D eigenvalue weighted by atomic mass is 19.1. The molecule has 0 saturated heterocycles. The van der Waals surface area contributed by atoms with Crippen LogP contribution in [0, 0.1) is 5.82 Å². The summed E-state index contributed by atoms with van der Waals surface area (Å²) in [5.74, 6) is 0.974. The van der Waals surface area contributed by atoms with Crippen LogP contribution in [0.5, 0.6) is 0 Å². The fourth-order valence-electron chi connectivity index (χ4n) is 3.47. The zero-order valence-electron chi connectivity index (χ0n) is 16.5. The zero-order valence-corrected chi connectivity index (χ0v) is 16.5. The number of nitrogens with one attached hydrogen (secondary N) is 1. The monoisotopic (exact) mass is 410 g/mol. The Balaban J connectivity index is 1.66. The van der Waals surface area contributed by atoms with Crippen LogP contribution in [0.1, 0.15) is 5.56 Å². The number of hydrogen-bond acceptors (Lipinski definition) is 5. The highest BCUT2D eigenvalue weighted by Gasteiger charge is 2.19. The van der Waals surface area contributed by atoms with Crippen molar-refractivity contribution in [2.24, 2.45) is 0 Å². The van der Waals surface area contributed by atoms with E-state index in [1.165, 1.54) is 12.1 Å². The molecular weight excluding hydrogens is 391 g/mol. The summed E-state index contributed by atoms with van der Waals surface area (Å²) in [7, 11) is 0. The minimum absolute atomic E-state index is 0.307. The lowest BCUT2D eigenvalue weighted by Gasteiger charge is -2.06. The van der Waals surface area contributed by atoms with E-state index in [4.69, 9.17) is 15.8 Å². The van der Waals surface area contributed by atoms with Gasteiger partial charge in [0.15, 0.2) is 17.3 Å². The van der Waals surface area contributed by atoms with Crippen molar-refractivity contribution in [1.29, 1.82) is 0 Å². The molecule has 2 heterocycles. The molecule has 2 aromatic heterocycles. The summed E-state index contributed by atoms with van der Waals surface area (Å²) in [6.45, 7) is 0.507. The maximum atomic E-state index is 13.7. The van der Waals surface area contributed by atoms with Crippen molar-refractivity contribution in [1.82, 2.24) is 19.7 Å². The number of nitrogens with two attached hydrogens (primary N) is 1. The Labute approximate surface area is 178 Å². The van der Waals surface area contributed by atoms with Gasteiger partial charge < -0.3 is 11.1 Å². The van der Waals surface area contributed by atoms with Gasteiger partial charge in [0, 0.05) is 11.3 Å². The molecule has 0 radical (unpaired) electrons. The van der Waals surface area contributed by atoms with Gasteiger partial charge in [0.1, 0.15) is 17.0 Å². The number of rotatable bonds is 5. The van der Waals surface area contributed by atoms with E-state index in [1.54, 1.807) is 16.8 Å². The van der Waals surface area contributed by atoms with Crippen LogP contribution in [-0.2, 0) is 6.54 Å². The van der Waals surface area contributed by atoms with Gasteiger partial charge in [0.05, 0.1) is 6.54 Å². The lowest BCUT2D eigenvalue weighted by molar-refractivity contribution is 0.628. The molecule has 0 amide bonds. The predicted octanol–water partition coefficient (Wildman–Crippen LogP) is 5.01. The molecule has 3 N–H and O–H groups in total. The Morgan fingerprint density at radius 1 is 0.871 bits per heavy atom. The van der Waals surface area contributed by atoms with Crippen LogP contribution in [0.2, 0.25) is 0 Å². The van der Waals surface area contributed by atoms with Gasteiger partial charge in [0.2, 0.25) is 0 Å². The second-order valence-electron chi connectivity index (χ2n) is 7.12. The summed E-state index contributed by atoms with van der Waals surface area (Å²) in [5.41, 5.74) is 9.48. The molecule has 0 fully saturated rings. The van der Waals surface area contributed by atoms with Crippen molar-refractivity contribution in [3.63, 3.8) is 0 Å². The van der Waals surface area contributed by atoms with Crippen molar-refractivity contribution in [3.05, 3.63) is 96.3 Å². The molecule has 3 aromatic carbocycles. The Morgan fingerprint density at radius 2 is 1.61 bits per heavy atom. The Hall–Kier alpha value is -4.26. The number of nitrogens with zero attached hydrogens (tertiary/aromatic N) is 4. The number of nitrogen functional groups attached to an aromatic ring is 1. The first kappa shape index (κ1) is 18.7. The number of anilines is 3. The molecule has 5 rings (SSSR count). The molecule has 6 nitrogen and oxygen atoms in total. The molecule has 7 heteroatoms. The molecular formula is C24H19FN6. The minimum atomic E-state index is -0.339. The molecule has 0 aliphatic heterocycles. The summed E-state index contributed by atoms with van der Waals surface area (Å²) in [5, 5.41) is 8.46. The van der Waals surface area contributed by atoms with Crippen molar-refractivity contribution >= 4 is 28.4 Å². The number of hydrogen-bond donors (Lipinski definition) is 2. The average molecular weight is 410 g/mol. The second kappa shape index (κ2) is 7.87. The van der Waals surface area contributed by atoms with Crippen LogP contribution in [0.3, 0.4) is 0 Å². The zero-order chi connectivity index (χ0) is 21.2. The van der Waals surface area contributed by atoms with E-state index in [2.05, 4.69) is 10.3 Å². The van der Waals surface area contributed by atoms with E-state index in [0.717, 1.165) is 11.1 Å². The second-order valence-corrected chi connectivity index (χ2v) is 7.12. The van der Waals surface area contributed by atoms with E-state index in [0.29, 0.717) is 40.7 Å². The highest BCUT2D eigenvalue weighted by molar-refractivity contribution is 5.98. The minimum Gasteiger partial charge on any atom is -0.383 e. The van der Waals surface area contributed by atoms with Gasteiger partial charge in [-0.1, -0.05) is 66.7 Å².